The number of methoxy groups -OCH3 is 1. The molecule has 1 saturated heterocycles. The fourth-order valence-electron chi connectivity index (χ4n) is 6.93. The van der Waals surface area contributed by atoms with E-state index >= 15 is 0 Å². The molecule has 6 aromatic rings. The third-order valence-electron chi connectivity index (χ3n) is 9.64. The molecule has 0 atom stereocenters. The van der Waals surface area contributed by atoms with Gasteiger partial charge in [0.2, 0.25) is 0 Å². The zero-order chi connectivity index (χ0) is 34.1. The average Bonchev–Trinajstić information content (AvgIpc) is 3.78. The van der Waals surface area contributed by atoms with Gasteiger partial charge in [0.1, 0.15) is 17.2 Å². The molecule has 0 aliphatic carbocycles. The number of imidazole rings is 1. The zero-order valence-electron chi connectivity index (χ0n) is 28.7. The lowest BCUT2D eigenvalue weighted by molar-refractivity contribution is 0.0939. The standard InChI is InChI=1S/C42H45N5O3/c1-49-24-8-21-44-42(48)41-25-35(40-14-7-10-34-9-5-6-13-39(34)40)29-46(41)30-36-26-43-31-47(36)28-33-19-22-45(23-20-33)27-32-15-17-38(18-16-32)50-37-11-3-2-4-12-37/h2-7,9-18,25-26,29,31,33H,8,19-24,27-28,30H2,1H3,(H,44,48). The molecule has 256 valence electrons. The van der Waals surface area contributed by atoms with Gasteiger partial charge in [0.25, 0.3) is 5.91 Å². The van der Waals surface area contributed by atoms with Crippen molar-refractivity contribution in [1.82, 2.24) is 24.3 Å². The summed E-state index contributed by atoms with van der Waals surface area (Å²) in [6.45, 7) is 5.73. The van der Waals surface area contributed by atoms with Gasteiger partial charge in [0, 0.05) is 51.3 Å². The Kier molecular flexibility index (Phi) is 10.7. The number of rotatable bonds is 14. The van der Waals surface area contributed by atoms with Crippen LogP contribution in [-0.2, 0) is 24.4 Å². The summed E-state index contributed by atoms with van der Waals surface area (Å²) in [5.74, 6) is 2.20. The van der Waals surface area contributed by atoms with Crippen LogP contribution in [0.3, 0.4) is 0 Å². The van der Waals surface area contributed by atoms with Crippen LogP contribution in [-0.4, -0.2) is 58.3 Å². The molecule has 7 rings (SSSR count). The fourth-order valence-corrected chi connectivity index (χ4v) is 6.93. The number of piperidine rings is 1. The number of para-hydroxylation sites is 1. The molecule has 0 radical (unpaired) electrons. The van der Waals surface area contributed by atoms with Gasteiger partial charge in [-0.15, -0.1) is 0 Å². The highest BCUT2D eigenvalue weighted by Crippen LogP contribution is 2.31. The highest BCUT2D eigenvalue weighted by molar-refractivity contribution is 5.99. The lowest BCUT2D eigenvalue weighted by atomic mass is 9.96. The largest absolute Gasteiger partial charge is 0.457 e. The predicted octanol–water partition coefficient (Wildman–Crippen LogP) is 8.02. The maximum Gasteiger partial charge on any atom is 0.267 e. The number of hydrogen-bond donors (Lipinski definition) is 1. The molecular formula is C42H45N5O3. The van der Waals surface area contributed by atoms with Gasteiger partial charge in [-0.05, 0) is 90.5 Å². The number of carbonyl (C=O) groups is 1. The van der Waals surface area contributed by atoms with Crippen molar-refractivity contribution < 1.29 is 14.3 Å². The Morgan fingerprint density at radius 1 is 0.860 bits per heavy atom. The van der Waals surface area contributed by atoms with Gasteiger partial charge in [-0.3, -0.25) is 9.69 Å². The molecule has 50 heavy (non-hydrogen) atoms. The molecule has 1 aliphatic rings. The SMILES string of the molecule is COCCCNC(=O)c1cc(-c2cccc3ccccc23)cn1Cc1cncn1CC1CCN(Cc2ccc(Oc3ccccc3)cc2)CC1. The van der Waals surface area contributed by atoms with Crippen molar-refractivity contribution in [2.24, 2.45) is 5.92 Å². The van der Waals surface area contributed by atoms with Gasteiger partial charge in [-0.25, -0.2) is 4.98 Å². The lowest BCUT2D eigenvalue weighted by Crippen LogP contribution is -2.34. The smallest absolute Gasteiger partial charge is 0.267 e. The van der Waals surface area contributed by atoms with Gasteiger partial charge in [0.05, 0.1) is 18.6 Å². The van der Waals surface area contributed by atoms with Gasteiger partial charge in [-0.1, -0.05) is 72.8 Å². The van der Waals surface area contributed by atoms with Crippen molar-refractivity contribution in [3.63, 3.8) is 0 Å². The monoisotopic (exact) mass is 667 g/mol. The van der Waals surface area contributed by atoms with Crippen LogP contribution in [0.5, 0.6) is 11.5 Å². The maximum absolute atomic E-state index is 13.5. The van der Waals surface area contributed by atoms with Crippen molar-refractivity contribution in [3.05, 3.63) is 139 Å². The number of nitrogens with zero attached hydrogens (tertiary/aromatic N) is 4. The predicted molar refractivity (Wildman–Crippen MR) is 198 cm³/mol. The third kappa shape index (κ3) is 8.16. The molecule has 2 aromatic heterocycles. The van der Waals surface area contributed by atoms with Crippen molar-refractivity contribution in [3.8, 4) is 22.6 Å². The van der Waals surface area contributed by atoms with Crippen LogP contribution < -0.4 is 10.1 Å². The van der Waals surface area contributed by atoms with E-state index in [9.17, 15) is 4.79 Å². The minimum Gasteiger partial charge on any atom is -0.457 e. The van der Waals surface area contributed by atoms with E-state index in [1.807, 2.05) is 48.9 Å². The molecule has 0 bridgehead atoms. The normalized spacial score (nSPS) is 13.9. The van der Waals surface area contributed by atoms with Crippen LogP contribution in [0.4, 0.5) is 0 Å². The van der Waals surface area contributed by atoms with E-state index in [2.05, 4.69) is 97.3 Å². The summed E-state index contributed by atoms with van der Waals surface area (Å²) in [7, 11) is 1.68. The van der Waals surface area contributed by atoms with Gasteiger partial charge in [0.15, 0.2) is 0 Å². The van der Waals surface area contributed by atoms with Crippen molar-refractivity contribution >= 4 is 16.7 Å². The number of hydrogen-bond acceptors (Lipinski definition) is 5. The number of carbonyl (C=O) groups excluding carboxylic acids is 1. The lowest BCUT2D eigenvalue weighted by Gasteiger charge is -2.32. The van der Waals surface area contributed by atoms with Crippen LogP contribution in [0.25, 0.3) is 21.9 Å². The summed E-state index contributed by atoms with van der Waals surface area (Å²) < 4.78 is 15.5. The molecule has 0 unspecified atom stereocenters. The van der Waals surface area contributed by atoms with Gasteiger partial charge < -0.3 is 23.9 Å². The number of aromatic nitrogens is 3. The number of nitrogens with one attached hydrogen (secondary N) is 1. The van der Waals surface area contributed by atoms with E-state index in [0.29, 0.717) is 31.3 Å². The quantitative estimate of drug-likeness (QED) is 0.119. The van der Waals surface area contributed by atoms with E-state index in [-0.39, 0.29) is 5.91 Å². The van der Waals surface area contributed by atoms with Crippen LogP contribution in [0.15, 0.2) is 122 Å². The molecule has 1 aliphatic heterocycles. The summed E-state index contributed by atoms with van der Waals surface area (Å²) in [6.07, 6.45) is 9.04. The molecule has 0 saturated carbocycles. The third-order valence-corrected chi connectivity index (χ3v) is 9.64. The fraction of sp³-hybridized carbons (Fsp3) is 0.286. The Morgan fingerprint density at radius 3 is 2.44 bits per heavy atom. The van der Waals surface area contributed by atoms with Crippen LogP contribution in [0.2, 0.25) is 0 Å². The molecule has 1 N–H and O–H groups in total. The number of fused-ring (bicyclic) bond motifs is 1. The average molecular weight is 668 g/mol. The highest BCUT2D eigenvalue weighted by Gasteiger charge is 2.22. The van der Waals surface area contributed by atoms with Gasteiger partial charge in [-0.2, -0.15) is 0 Å². The van der Waals surface area contributed by atoms with E-state index in [1.54, 1.807) is 7.11 Å². The maximum atomic E-state index is 13.5. The Balaban J connectivity index is 0.998. The number of amides is 1. The van der Waals surface area contributed by atoms with Crippen LogP contribution in [0.1, 0.15) is 41.0 Å². The summed E-state index contributed by atoms with van der Waals surface area (Å²) >= 11 is 0. The molecular weight excluding hydrogens is 622 g/mol. The number of benzene rings is 4. The van der Waals surface area contributed by atoms with E-state index in [0.717, 1.165) is 73.8 Å². The summed E-state index contributed by atoms with van der Waals surface area (Å²) in [5, 5.41) is 5.45. The molecule has 4 aromatic carbocycles. The first-order valence-electron chi connectivity index (χ1n) is 17.6. The van der Waals surface area contributed by atoms with Crippen LogP contribution in [0, 0.1) is 5.92 Å². The first kappa shape index (κ1) is 33.3. The topological polar surface area (TPSA) is 73.5 Å². The summed E-state index contributed by atoms with van der Waals surface area (Å²) in [5.41, 5.74) is 5.19. The molecule has 8 heteroatoms. The minimum atomic E-state index is -0.0793. The Morgan fingerprint density at radius 2 is 1.62 bits per heavy atom. The first-order valence-corrected chi connectivity index (χ1v) is 17.6. The molecule has 0 spiro atoms. The molecule has 8 nitrogen and oxygen atoms in total. The molecule has 1 fully saturated rings. The second kappa shape index (κ2) is 16.0. The number of ether oxygens (including phenoxy) is 2. The molecule has 1 amide bonds. The Hall–Kier alpha value is -5.18. The second-order valence-electron chi connectivity index (χ2n) is 13.2. The van der Waals surface area contributed by atoms with Crippen molar-refractivity contribution in [2.75, 3.05) is 33.4 Å². The zero-order valence-corrected chi connectivity index (χ0v) is 28.7. The van der Waals surface area contributed by atoms with Crippen LogP contribution >= 0.6 is 0 Å². The molecule has 3 heterocycles. The Bertz CT molecular complexity index is 1990. The van der Waals surface area contributed by atoms with Gasteiger partial charge >= 0.3 is 0 Å². The van der Waals surface area contributed by atoms with E-state index < -0.39 is 0 Å². The van der Waals surface area contributed by atoms with E-state index in [4.69, 9.17) is 9.47 Å². The summed E-state index contributed by atoms with van der Waals surface area (Å²) in [6, 6.07) is 35.1. The highest BCUT2D eigenvalue weighted by atomic mass is 16.5. The Labute approximate surface area is 294 Å². The second-order valence-corrected chi connectivity index (χ2v) is 13.2. The number of likely N-dealkylation sites (tertiary alicyclic amines) is 1. The van der Waals surface area contributed by atoms with E-state index in [1.165, 1.54) is 16.3 Å². The first-order chi connectivity index (χ1) is 24.6. The summed E-state index contributed by atoms with van der Waals surface area (Å²) in [4.78, 5) is 20.6. The van der Waals surface area contributed by atoms with Crippen molar-refractivity contribution in [2.45, 2.75) is 38.9 Å². The van der Waals surface area contributed by atoms with Crippen molar-refractivity contribution in [1.29, 1.82) is 0 Å². The minimum absolute atomic E-state index is 0.0793.